The second-order valence-corrected chi connectivity index (χ2v) is 5.51. The third-order valence-corrected chi connectivity index (χ3v) is 3.69. The van der Waals surface area contributed by atoms with Crippen LogP contribution in [-0.4, -0.2) is 23.3 Å². The molecule has 3 unspecified atom stereocenters. The summed E-state index contributed by atoms with van der Waals surface area (Å²) >= 11 is 0. The SMILES string of the molecule is CC1CCC(NCC(C)(O)C(C)C)C1. The Morgan fingerprint density at radius 2 is 2.07 bits per heavy atom. The topological polar surface area (TPSA) is 32.3 Å². The molecule has 0 radical (unpaired) electrons. The molecule has 1 aliphatic carbocycles. The van der Waals surface area contributed by atoms with Gasteiger partial charge in [-0.3, -0.25) is 0 Å². The lowest BCUT2D eigenvalue weighted by Crippen LogP contribution is -2.45. The standard InChI is InChI=1S/C12H25NO/c1-9(2)12(4,14)8-13-11-6-5-10(3)7-11/h9-11,13-14H,5-8H2,1-4H3. The molecular formula is C12H25NO. The Labute approximate surface area is 88.1 Å². The second-order valence-electron chi connectivity index (χ2n) is 5.51. The molecule has 0 heterocycles. The van der Waals surface area contributed by atoms with Crippen molar-refractivity contribution in [3.63, 3.8) is 0 Å². The number of aliphatic hydroxyl groups is 1. The smallest absolute Gasteiger partial charge is 0.0766 e. The highest BCUT2D eigenvalue weighted by molar-refractivity contribution is 4.84. The van der Waals surface area contributed by atoms with Gasteiger partial charge >= 0.3 is 0 Å². The fourth-order valence-corrected chi connectivity index (χ4v) is 1.95. The van der Waals surface area contributed by atoms with Crippen molar-refractivity contribution in [3.8, 4) is 0 Å². The highest BCUT2D eigenvalue weighted by Crippen LogP contribution is 2.25. The highest BCUT2D eigenvalue weighted by atomic mass is 16.3. The van der Waals surface area contributed by atoms with Crippen LogP contribution >= 0.6 is 0 Å². The van der Waals surface area contributed by atoms with E-state index in [1.807, 2.05) is 6.92 Å². The lowest BCUT2D eigenvalue weighted by atomic mass is 9.92. The predicted octanol–water partition coefficient (Wildman–Crippen LogP) is 2.17. The van der Waals surface area contributed by atoms with Gasteiger partial charge in [-0.25, -0.2) is 0 Å². The van der Waals surface area contributed by atoms with E-state index in [-0.39, 0.29) is 0 Å². The summed E-state index contributed by atoms with van der Waals surface area (Å²) < 4.78 is 0. The van der Waals surface area contributed by atoms with Gasteiger partial charge < -0.3 is 10.4 Å². The van der Waals surface area contributed by atoms with Gasteiger partial charge in [-0.05, 0) is 38.0 Å². The Kier molecular flexibility index (Phi) is 3.96. The third-order valence-electron chi connectivity index (χ3n) is 3.69. The zero-order chi connectivity index (χ0) is 10.8. The molecule has 0 bridgehead atoms. The minimum Gasteiger partial charge on any atom is -0.389 e. The van der Waals surface area contributed by atoms with E-state index in [0.29, 0.717) is 12.0 Å². The Hall–Kier alpha value is -0.0800. The Morgan fingerprint density at radius 1 is 1.43 bits per heavy atom. The first kappa shape index (κ1) is 12.0. The third kappa shape index (κ3) is 3.25. The Morgan fingerprint density at radius 3 is 2.50 bits per heavy atom. The summed E-state index contributed by atoms with van der Waals surface area (Å²) in [4.78, 5) is 0. The van der Waals surface area contributed by atoms with Crippen LogP contribution in [0, 0.1) is 11.8 Å². The van der Waals surface area contributed by atoms with E-state index >= 15 is 0 Å². The molecule has 1 aliphatic rings. The molecule has 0 aromatic heterocycles. The van der Waals surface area contributed by atoms with Crippen LogP contribution in [0.1, 0.15) is 47.0 Å². The first-order valence-corrected chi connectivity index (χ1v) is 5.87. The van der Waals surface area contributed by atoms with Crippen molar-refractivity contribution >= 4 is 0 Å². The summed E-state index contributed by atoms with van der Waals surface area (Å²) in [5, 5.41) is 13.5. The summed E-state index contributed by atoms with van der Waals surface area (Å²) in [7, 11) is 0. The van der Waals surface area contributed by atoms with Crippen LogP contribution in [-0.2, 0) is 0 Å². The van der Waals surface area contributed by atoms with Crippen molar-refractivity contribution < 1.29 is 5.11 Å². The maximum Gasteiger partial charge on any atom is 0.0766 e. The first-order valence-electron chi connectivity index (χ1n) is 5.87. The summed E-state index contributed by atoms with van der Waals surface area (Å²) in [6.45, 7) is 9.09. The van der Waals surface area contributed by atoms with Gasteiger partial charge in [-0.1, -0.05) is 20.8 Å². The largest absolute Gasteiger partial charge is 0.389 e. The highest BCUT2D eigenvalue weighted by Gasteiger charge is 2.27. The van der Waals surface area contributed by atoms with E-state index in [1.54, 1.807) is 0 Å². The fraction of sp³-hybridized carbons (Fsp3) is 1.00. The normalized spacial score (nSPS) is 32.1. The monoisotopic (exact) mass is 199 g/mol. The number of hydrogen-bond acceptors (Lipinski definition) is 2. The molecule has 0 aromatic carbocycles. The molecule has 1 rings (SSSR count). The minimum atomic E-state index is -0.564. The van der Waals surface area contributed by atoms with Crippen LogP contribution in [0.15, 0.2) is 0 Å². The molecule has 1 saturated carbocycles. The van der Waals surface area contributed by atoms with Crippen LogP contribution in [0.5, 0.6) is 0 Å². The van der Waals surface area contributed by atoms with Crippen molar-refractivity contribution in [2.75, 3.05) is 6.54 Å². The second kappa shape index (κ2) is 4.63. The van der Waals surface area contributed by atoms with Crippen molar-refractivity contribution in [1.82, 2.24) is 5.32 Å². The molecule has 84 valence electrons. The van der Waals surface area contributed by atoms with E-state index in [1.165, 1.54) is 19.3 Å². The van der Waals surface area contributed by atoms with Crippen molar-refractivity contribution in [3.05, 3.63) is 0 Å². The molecule has 14 heavy (non-hydrogen) atoms. The number of rotatable bonds is 4. The summed E-state index contributed by atoms with van der Waals surface area (Å²) in [5.74, 6) is 1.17. The van der Waals surface area contributed by atoms with Crippen molar-refractivity contribution in [2.45, 2.75) is 58.6 Å². The summed E-state index contributed by atoms with van der Waals surface area (Å²) in [6, 6.07) is 0.634. The van der Waals surface area contributed by atoms with Crippen LogP contribution in [0.3, 0.4) is 0 Å². The number of nitrogens with one attached hydrogen (secondary N) is 1. The molecule has 0 amide bonds. The van der Waals surface area contributed by atoms with Crippen LogP contribution in [0.25, 0.3) is 0 Å². The lowest BCUT2D eigenvalue weighted by Gasteiger charge is -2.29. The average Bonchev–Trinajstić information content (AvgIpc) is 2.48. The van der Waals surface area contributed by atoms with E-state index in [4.69, 9.17) is 0 Å². The van der Waals surface area contributed by atoms with Crippen LogP contribution in [0.4, 0.5) is 0 Å². The lowest BCUT2D eigenvalue weighted by molar-refractivity contribution is 0.0119. The maximum absolute atomic E-state index is 10.1. The zero-order valence-electron chi connectivity index (χ0n) is 10.0. The van der Waals surface area contributed by atoms with Gasteiger partial charge in [0.2, 0.25) is 0 Å². The zero-order valence-corrected chi connectivity index (χ0v) is 10.0. The molecule has 3 atom stereocenters. The minimum absolute atomic E-state index is 0.314. The van der Waals surface area contributed by atoms with Gasteiger partial charge in [0, 0.05) is 12.6 Å². The molecule has 2 N–H and O–H groups in total. The molecule has 2 nitrogen and oxygen atoms in total. The maximum atomic E-state index is 10.1. The fourth-order valence-electron chi connectivity index (χ4n) is 1.95. The van der Waals surface area contributed by atoms with E-state index < -0.39 is 5.60 Å². The molecule has 0 aliphatic heterocycles. The average molecular weight is 199 g/mol. The van der Waals surface area contributed by atoms with E-state index in [2.05, 4.69) is 26.1 Å². The predicted molar refractivity (Wildman–Crippen MR) is 60.3 cm³/mol. The van der Waals surface area contributed by atoms with Gasteiger partial charge in [0.25, 0.3) is 0 Å². The molecule has 2 heteroatoms. The quantitative estimate of drug-likeness (QED) is 0.727. The van der Waals surface area contributed by atoms with Crippen molar-refractivity contribution in [1.29, 1.82) is 0 Å². The molecule has 0 spiro atoms. The molecule has 0 saturated heterocycles. The van der Waals surface area contributed by atoms with Crippen molar-refractivity contribution in [2.24, 2.45) is 11.8 Å². The van der Waals surface area contributed by atoms with Gasteiger partial charge in [0.1, 0.15) is 0 Å². The van der Waals surface area contributed by atoms with E-state index in [0.717, 1.165) is 12.5 Å². The van der Waals surface area contributed by atoms with Gasteiger partial charge in [-0.2, -0.15) is 0 Å². The summed E-state index contributed by atoms with van der Waals surface area (Å²) in [5.41, 5.74) is -0.564. The van der Waals surface area contributed by atoms with Crippen LogP contribution in [0.2, 0.25) is 0 Å². The molecule has 1 fully saturated rings. The van der Waals surface area contributed by atoms with Gasteiger partial charge in [0.15, 0.2) is 0 Å². The Balaban J connectivity index is 2.26. The first-order chi connectivity index (χ1) is 6.42. The van der Waals surface area contributed by atoms with Gasteiger partial charge in [-0.15, -0.1) is 0 Å². The molecule has 0 aromatic rings. The van der Waals surface area contributed by atoms with E-state index in [9.17, 15) is 5.11 Å². The number of hydrogen-bond donors (Lipinski definition) is 2. The summed E-state index contributed by atoms with van der Waals surface area (Å²) in [6.07, 6.45) is 3.88. The Bertz CT molecular complexity index is 177. The van der Waals surface area contributed by atoms with Crippen LogP contribution < -0.4 is 5.32 Å². The van der Waals surface area contributed by atoms with Gasteiger partial charge in [0.05, 0.1) is 5.60 Å². The molecular weight excluding hydrogens is 174 g/mol.